The van der Waals surface area contributed by atoms with Gasteiger partial charge in [-0.3, -0.25) is 9.78 Å². The van der Waals surface area contributed by atoms with Gasteiger partial charge in [0.15, 0.2) is 11.7 Å². The number of hydrogen-bond acceptors (Lipinski definition) is 5. The molecule has 0 aliphatic carbocycles. The van der Waals surface area contributed by atoms with Crippen LogP contribution in [0.15, 0.2) is 48.7 Å². The summed E-state index contributed by atoms with van der Waals surface area (Å²) in [6.45, 7) is 1.43. The first-order valence-corrected chi connectivity index (χ1v) is 7.97. The molecular formula is C19H18N2O3. The maximum Gasteiger partial charge on any atom is 0.186 e. The van der Waals surface area contributed by atoms with Crippen LogP contribution in [0.2, 0.25) is 0 Å². The Balaban J connectivity index is 1.70. The number of ketones is 1. The number of Topliss-reactive ketones (excluding diaryl/α,β-unsaturated/α-hetero) is 1. The highest BCUT2D eigenvalue weighted by Crippen LogP contribution is 2.22. The molecule has 0 spiro atoms. The number of benzene rings is 1. The Labute approximate surface area is 140 Å². The van der Waals surface area contributed by atoms with Gasteiger partial charge < -0.3 is 9.47 Å². The highest BCUT2D eigenvalue weighted by molar-refractivity contribution is 6.02. The Morgan fingerprint density at radius 3 is 2.58 bits per heavy atom. The number of rotatable bonds is 5. The second kappa shape index (κ2) is 7.71. The van der Waals surface area contributed by atoms with Crippen molar-refractivity contribution in [3.05, 3.63) is 59.9 Å². The van der Waals surface area contributed by atoms with Crippen LogP contribution in [0, 0.1) is 11.3 Å². The number of hydrogen-bond donors (Lipinski definition) is 0. The third-order valence-electron chi connectivity index (χ3n) is 3.98. The van der Waals surface area contributed by atoms with E-state index in [0.717, 1.165) is 31.8 Å². The average Bonchev–Trinajstić information content (AvgIpc) is 2.65. The standard InChI is InChI=1S/C19H18N2O3/c20-13-17(18-3-1-2-10-21-18)19(22)14-4-6-15(7-5-14)24-16-8-11-23-12-9-16/h1-7,10,16-17H,8-9,11-12H2/t17-/m0/s1. The molecule has 0 bridgehead atoms. The zero-order valence-electron chi connectivity index (χ0n) is 13.2. The third kappa shape index (κ3) is 3.79. The molecule has 2 heterocycles. The quantitative estimate of drug-likeness (QED) is 0.791. The zero-order valence-corrected chi connectivity index (χ0v) is 13.2. The highest BCUT2D eigenvalue weighted by Gasteiger charge is 2.23. The molecule has 5 nitrogen and oxygen atoms in total. The lowest BCUT2D eigenvalue weighted by molar-refractivity contribution is 0.0256. The second-order valence-electron chi connectivity index (χ2n) is 5.63. The van der Waals surface area contributed by atoms with E-state index in [1.807, 2.05) is 6.07 Å². The summed E-state index contributed by atoms with van der Waals surface area (Å²) in [5.41, 5.74) is 0.944. The fourth-order valence-electron chi connectivity index (χ4n) is 2.66. The van der Waals surface area contributed by atoms with E-state index in [9.17, 15) is 10.1 Å². The minimum Gasteiger partial charge on any atom is -0.490 e. The molecule has 0 N–H and O–H groups in total. The second-order valence-corrected chi connectivity index (χ2v) is 5.63. The SMILES string of the molecule is N#C[C@H](C(=O)c1ccc(OC2CCOCC2)cc1)c1ccccn1. The van der Waals surface area contributed by atoms with E-state index in [4.69, 9.17) is 9.47 Å². The van der Waals surface area contributed by atoms with E-state index >= 15 is 0 Å². The van der Waals surface area contributed by atoms with E-state index in [1.165, 1.54) is 0 Å². The van der Waals surface area contributed by atoms with Crippen LogP contribution in [-0.4, -0.2) is 30.1 Å². The van der Waals surface area contributed by atoms with E-state index in [0.29, 0.717) is 11.3 Å². The molecule has 0 amide bonds. The third-order valence-corrected chi connectivity index (χ3v) is 3.98. The minimum absolute atomic E-state index is 0.153. The first kappa shape index (κ1) is 16.2. The largest absolute Gasteiger partial charge is 0.490 e. The predicted octanol–water partition coefficient (Wildman–Crippen LogP) is 3.13. The molecule has 24 heavy (non-hydrogen) atoms. The number of aromatic nitrogens is 1. The minimum atomic E-state index is -0.895. The summed E-state index contributed by atoms with van der Waals surface area (Å²) >= 11 is 0. The Hall–Kier alpha value is -2.71. The fourth-order valence-corrected chi connectivity index (χ4v) is 2.66. The lowest BCUT2D eigenvalue weighted by Gasteiger charge is -2.23. The van der Waals surface area contributed by atoms with Gasteiger partial charge in [-0.2, -0.15) is 5.26 Å². The van der Waals surface area contributed by atoms with Gasteiger partial charge >= 0.3 is 0 Å². The summed E-state index contributed by atoms with van der Waals surface area (Å²) in [5.74, 6) is -0.424. The summed E-state index contributed by atoms with van der Waals surface area (Å²) in [6, 6.07) is 14.2. The molecule has 5 heteroatoms. The maximum absolute atomic E-state index is 12.6. The van der Waals surface area contributed by atoms with Crippen molar-refractivity contribution in [1.82, 2.24) is 4.98 Å². The van der Waals surface area contributed by atoms with Gasteiger partial charge in [-0.05, 0) is 36.4 Å². The average molecular weight is 322 g/mol. The Kier molecular flexibility index (Phi) is 5.19. The maximum atomic E-state index is 12.6. The molecule has 1 aromatic carbocycles. The van der Waals surface area contributed by atoms with Crippen LogP contribution in [0.4, 0.5) is 0 Å². The number of carbonyl (C=O) groups excluding carboxylic acids is 1. The van der Waals surface area contributed by atoms with Crippen molar-refractivity contribution >= 4 is 5.78 Å². The van der Waals surface area contributed by atoms with E-state index in [-0.39, 0.29) is 11.9 Å². The summed E-state index contributed by atoms with van der Waals surface area (Å²) in [4.78, 5) is 16.7. The molecular weight excluding hydrogens is 304 g/mol. The molecule has 1 aromatic heterocycles. The molecule has 1 aliphatic heterocycles. The van der Waals surface area contributed by atoms with Crippen LogP contribution in [0.3, 0.4) is 0 Å². The lowest BCUT2D eigenvalue weighted by Crippen LogP contribution is -2.25. The van der Waals surface area contributed by atoms with Crippen molar-refractivity contribution < 1.29 is 14.3 Å². The number of nitriles is 1. The molecule has 1 fully saturated rings. The normalized spacial score (nSPS) is 16.1. The van der Waals surface area contributed by atoms with Gasteiger partial charge in [0, 0.05) is 24.6 Å². The molecule has 0 radical (unpaired) electrons. The van der Waals surface area contributed by atoms with Crippen molar-refractivity contribution in [3.8, 4) is 11.8 Å². The van der Waals surface area contributed by atoms with Crippen LogP contribution in [0.1, 0.15) is 34.8 Å². The van der Waals surface area contributed by atoms with Crippen molar-refractivity contribution in [2.24, 2.45) is 0 Å². The van der Waals surface area contributed by atoms with E-state index in [2.05, 4.69) is 4.98 Å². The monoisotopic (exact) mass is 322 g/mol. The van der Waals surface area contributed by atoms with Gasteiger partial charge in [-0.15, -0.1) is 0 Å². The van der Waals surface area contributed by atoms with Crippen LogP contribution in [0.25, 0.3) is 0 Å². The highest BCUT2D eigenvalue weighted by atomic mass is 16.5. The van der Waals surface area contributed by atoms with Crippen molar-refractivity contribution in [3.63, 3.8) is 0 Å². The van der Waals surface area contributed by atoms with E-state index in [1.54, 1.807) is 48.7 Å². The molecule has 3 rings (SSSR count). The van der Waals surface area contributed by atoms with Gasteiger partial charge in [0.2, 0.25) is 0 Å². The van der Waals surface area contributed by atoms with Gasteiger partial charge in [0.1, 0.15) is 11.9 Å². The molecule has 1 saturated heterocycles. The van der Waals surface area contributed by atoms with Gasteiger partial charge in [-0.25, -0.2) is 0 Å². The predicted molar refractivity (Wildman–Crippen MR) is 87.8 cm³/mol. The van der Waals surface area contributed by atoms with E-state index < -0.39 is 5.92 Å². The number of nitrogens with zero attached hydrogens (tertiary/aromatic N) is 2. The summed E-state index contributed by atoms with van der Waals surface area (Å²) in [6.07, 6.45) is 3.48. The van der Waals surface area contributed by atoms with Crippen LogP contribution >= 0.6 is 0 Å². The molecule has 2 aromatic rings. The first-order chi connectivity index (χ1) is 11.8. The Morgan fingerprint density at radius 1 is 1.21 bits per heavy atom. The lowest BCUT2D eigenvalue weighted by atomic mass is 9.95. The van der Waals surface area contributed by atoms with Gasteiger partial charge in [-0.1, -0.05) is 6.07 Å². The molecule has 1 aliphatic rings. The fraction of sp³-hybridized carbons (Fsp3) is 0.316. The summed E-state index contributed by atoms with van der Waals surface area (Å²) in [7, 11) is 0. The number of pyridine rings is 1. The molecule has 0 unspecified atom stereocenters. The smallest absolute Gasteiger partial charge is 0.186 e. The Bertz CT molecular complexity index is 717. The topological polar surface area (TPSA) is 72.2 Å². The summed E-state index contributed by atoms with van der Waals surface area (Å²) in [5, 5.41) is 9.33. The van der Waals surface area contributed by atoms with Crippen molar-refractivity contribution in [1.29, 1.82) is 5.26 Å². The van der Waals surface area contributed by atoms with Gasteiger partial charge in [0.25, 0.3) is 0 Å². The van der Waals surface area contributed by atoms with Crippen molar-refractivity contribution in [2.45, 2.75) is 24.9 Å². The van der Waals surface area contributed by atoms with Gasteiger partial charge in [0.05, 0.1) is 25.0 Å². The number of carbonyl (C=O) groups is 1. The van der Waals surface area contributed by atoms with Crippen LogP contribution in [0.5, 0.6) is 5.75 Å². The molecule has 122 valence electrons. The zero-order chi connectivity index (χ0) is 16.8. The van der Waals surface area contributed by atoms with Crippen molar-refractivity contribution in [2.75, 3.05) is 13.2 Å². The first-order valence-electron chi connectivity index (χ1n) is 7.97. The Morgan fingerprint density at radius 2 is 1.96 bits per heavy atom. The van der Waals surface area contributed by atoms with Crippen LogP contribution in [-0.2, 0) is 4.74 Å². The molecule has 1 atom stereocenters. The molecule has 0 saturated carbocycles. The van der Waals surface area contributed by atoms with Crippen LogP contribution < -0.4 is 4.74 Å². The summed E-state index contributed by atoms with van der Waals surface area (Å²) < 4.78 is 11.2. The number of ether oxygens (including phenoxy) is 2.